The van der Waals surface area contributed by atoms with E-state index in [1.54, 1.807) is 0 Å². The second-order valence-corrected chi connectivity index (χ2v) is 7.82. The lowest BCUT2D eigenvalue weighted by molar-refractivity contribution is -0.158. The van der Waals surface area contributed by atoms with Gasteiger partial charge in [-0.25, -0.2) is 0 Å². The molecule has 0 atom stereocenters. The fraction of sp³-hybridized carbons (Fsp3) is 0.417. The number of ether oxygens (including phenoxy) is 1. The van der Waals surface area contributed by atoms with Crippen molar-refractivity contribution in [2.24, 2.45) is 5.41 Å². The zero-order valence-electron chi connectivity index (χ0n) is 17.3. The molecule has 1 aliphatic rings. The van der Waals surface area contributed by atoms with Gasteiger partial charge in [-0.1, -0.05) is 42.5 Å². The molecule has 1 aliphatic heterocycles. The molecule has 1 heterocycles. The van der Waals surface area contributed by atoms with Crippen LogP contribution in [0, 0.1) is 5.41 Å². The maximum absolute atomic E-state index is 12.8. The standard InChI is InChI=1S/C24H30N2O3/c1-3-29-23(28)24(17-20-7-5-4-6-8-20)13-15-26(16-14-24)18-21-9-11-22(12-10-21)25-19(2)27/h4-12H,3,13-18H2,1-2H3,(H,25,27). The van der Waals surface area contributed by atoms with E-state index in [0.29, 0.717) is 6.61 Å². The first kappa shape index (κ1) is 21.1. The lowest BCUT2D eigenvalue weighted by atomic mass is 9.73. The Morgan fingerprint density at radius 3 is 2.24 bits per heavy atom. The Bertz CT molecular complexity index is 810. The van der Waals surface area contributed by atoms with Crippen LogP contribution in [0.2, 0.25) is 0 Å². The van der Waals surface area contributed by atoms with Gasteiger partial charge in [-0.3, -0.25) is 14.5 Å². The van der Waals surface area contributed by atoms with Gasteiger partial charge in [0.1, 0.15) is 0 Å². The van der Waals surface area contributed by atoms with Gasteiger partial charge in [0.25, 0.3) is 0 Å². The van der Waals surface area contributed by atoms with Gasteiger partial charge in [-0.05, 0) is 62.5 Å². The Balaban J connectivity index is 1.63. The van der Waals surface area contributed by atoms with Crippen molar-refractivity contribution in [3.63, 3.8) is 0 Å². The summed E-state index contributed by atoms with van der Waals surface area (Å²) in [5, 5.41) is 2.79. The summed E-state index contributed by atoms with van der Waals surface area (Å²) in [7, 11) is 0. The molecule has 1 N–H and O–H groups in total. The summed E-state index contributed by atoms with van der Waals surface area (Å²) in [6, 6.07) is 18.2. The summed E-state index contributed by atoms with van der Waals surface area (Å²) < 4.78 is 5.46. The zero-order valence-corrected chi connectivity index (χ0v) is 17.3. The van der Waals surface area contributed by atoms with Crippen LogP contribution in [0.5, 0.6) is 0 Å². The van der Waals surface area contributed by atoms with E-state index in [9.17, 15) is 9.59 Å². The molecule has 29 heavy (non-hydrogen) atoms. The molecule has 2 aromatic carbocycles. The van der Waals surface area contributed by atoms with Crippen molar-refractivity contribution in [2.75, 3.05) is 25.0 Å². The minimum absolute atomic E-state index is 0.0665. The molecule has 5 heteroatoms. The molecule has 1 saturated heterocycles. The molecule has 154 valence electrons. The van der Waals surface area contributed by atoms with Crippen molar-refractivity contribution < 1.29 is 14.3 Å². The Morgan fingerprint density at radius 2 is 1.66 bits per heavy atom. The van der Waals surface area contributed by atoms with Gasteiger partial charge in [0, 0.05) is 19.2 Å². The van der Waals surface area contributed by atoms with Crippen LogP contribution in [-0.4, -0.2) is 36.5 Å². The maximum Gasteiger partial charge on any atom is 0.312 e. The Kier molecular flexibility index (Phi) is 7.04. The van der Waals surface area contributed by atoms with E-state index in [0.717, 1.165) is 44.6 Å². The van der Waals surface area contributed by atoms with Crippen molar-refractivity contribution in [3.05, 3.63) is 65.7 Å². The predicted molar refractivity (Wildman–Crippen MR) is 114 cm³/mol. The molecule has 1 amide bonds. The van der Waals surface area contributed by atoms with E-state index in [1.165, 1.54) is 18.1 Å². The highest BCUT2D eigenvalue weighted by Gasteiger charge is 2.42. The molecule has 0 unspecified atom stereocenters. The highest BCUT2D eigenvalue weighted by Crippen LogP contribution is 2.37. The van der Waals surface area contributed by atoms with E-state index in [4.69, 9.17) is 4.74 Å². The molecule has 0 aliphatic carbocycles. The monoisotopic (exact) mass is 394 g/mol. The molecular weight excluding hydrogens is 364 g/mol. The first-order valence-corrected chi connectivity index (χ1v) is 10.3. The second-order valence-electron chi connectivity index (χ2n) is 7.82. The number of rotatable bonds is 7. The average Bonchev–Trinajstić information content (AvgIpc) is 2.71. The van der Waals surface area contributed by atoms with Crippen molar-refractivity contribution in [3.8, 4) is 0 Å². The largest absolute Gasteiger partial charge is 0.466 e. The molecule has 2 aromatic rings. The maximum atomic E-state index is 12.8. The molecule has 3 rings (SSSR count). The third-order valence-electron chi connectivity index (χ3n) is 5.59. The number of likely N-dealkylation sites (tertiary alicyclic amines) is 1. The third kappa shape index (κ3) is 5.67. The number of hydrogen-bond acceptors (Lipinski definition) is 4. The molecule has 5 nitrogen and oxygen atoms in total. The first-order chi connectivity index (χ1) is 14.0. The van der Waals surface area contributed by atoms with E-state index < -0.39 is 5.41 Å². The number of anilines is 1. The van der Waals surface area contributed by atoms with Crippen LogP contribution in [0.1, 0.15) is 37.8 Å². The SMILES string of the molecule is CCOC(=O)C1(Cc2ccccc2)CCN(Cc2ccc(NC(C)=O)cc2)CC1. The van der Waals surface area contributed by atoms with E-state index in [1.807, 2.05) is 49.4 Å². The number of nitrogens with one attached hydrogen (secondary N) is 1. The van der Waals surface area contributed by atoms with E-state index in [-0.39, 0.29) is 11.9 Å². The van der Waals surface area contributed by atoms with Gasteiger partial charge in [-0.15, -0.1) is 0 Å². The average molecular weight is 395 g/mol. The number of hydrogen-bond donors (Lipinski definition) is 1. The van der Waals surface area contributed by atoms with E-state index >= 15 is 0 Å². The number of benzene rings is 2. The number of amides is 1. The summed E-state index contributed by atoms with van der Waals surface area (Å²) >= 11 is 0. The number of carbonyl (C=O) groups excluding carboxylic acids is 2. The Hall–Kier alpha value is -2.66. The minimum atomic E-state index is -0.441. The van der Waals surface area contributed by atoms with Gasteiger partial charge < -0.3 is 10.1 Å². The van der Waals surface area contributed by atoms with Gasteiger partial charge >= 0.3 is 5.97 Å². The number of carbonyl (C=O) groups is 2. The Labute approximate surface area is 173 Å². The van der Waals surface area contributed by atoms with Gasteiger partial charge in [0.2, 0.25) is 5.91 Å². The molecular formula is C24H30N2O3. The minimum Gasteiger partial charge on any atom is -0.466 e. The summed E-state index contributed by atoms with van der Waals surface area (Å²) in [6.45, 7) is 6.35. The topological polar surface area (TPSA) is 58.6 Å². The van der Waals surface area contributed by atoms with Crippen LogP contribution in [-0.2, 0) is 27.3 Å². The predicted octanol–water partition coefficient (Wildman–Crippen LogP) is 4.03. The number of piperidine rings is 1. The number of nitrogens with zero attached hydrogens (tertiary/aromatic N) is 1. The van der Waals surface area contributed by atoms with Crippen molar-refractivity contribution in [1.29, 1.82) is 0 Å². The van der Waals surface area contributed by atoms with Crippen LogP contribution in [0.4, 0.5) is 5.69 Å². The summed E-state index contributed by atoms with van der Waals surface area (Å²) in [6.07, 6.45) is 2.32. The third-order valence-corrected chi connectivity index (χ3v) is 5.59. The molecule has 1 fully saturated rings. The Morgan fingerprint density at radius 1 is 1.00 bits per heavy atom. The molecule has 0 bridgehead atoms. The molecule has 0 saturated carbocycles. The van der Waals surface area contributed by atoms with Crippen molar-refractivity contribution >= 4 is 17.6 Å². The lowest BCUT2D eigenvalue weighted by Crippen LogP contribution is -2.46. The van der Waals surface area contributed by atoms with Crippen molar-refractivity contribution in [2.45, 2.75) is 39.7 Å². The second kappa shape index (κ2) is 9.70. The summed E-state index contributed by atoms with van der Waals surface area (Å²) in [4.78, 5) is 26.4. The van der Waals surface area contributed by atoms with Gasteiger partial charge in [0.15, 0.2) is 0 Å². The normalized spacial score (nSPS) is 16.2. The fourth-order valence-electron chi connectivity index (χ4n) is 4.02. The lowest BCUT2D eigenvalue weighted by Gasteiger charge is -2.40. The highest BCUT2D eigenvalue weighted by atomic mass is 16.5. The fourth-order valence-corrected chi connectivity index (χ4v) is 4.02. The molecule has 0 spiro atoms. The van der Waals surface area contributed by atoms with Crippen LogP contribution >= 0.6 is 0 Å². The number of esters is 1. The summed E-state index contributed by atoms with van der Waals surface area (Å²) in [5.41, 5.74) is 2.75. The van der Waals surface area contributed by atoms with Crippen LogP contribution < -0.4 is 5.32 Å². The van der Waals surface area contributed by atoms with E-state index in [2.05, 4.69) is 22.3 Å². The van der Waals surface area contributed by atoms with Gasteiger partial charge in [0.05, 0.1) is 12.0 Å². The van der Waals surface area contributed by atoms with Crippen molar-refractivity contribution in [1.82, 2.24) is 4.90 Å². The quantitative estimate of drug-likeness (QED) is 0.720. The highest BCUT2D eigenvalue weighted by molar-refractivity contribution is 5.88. The molecule has 0 aromatic heterocycles. The van der Waals surface area contributed by atoms with Crippen LogP contribution in [0.25, 0.3) is 0 Å². The molecule has 0 radical (unpaired) electrons. The summed E-state index contributed by atoms with van der Waals surface area (Å²) in [5.74, 6) is -0.134. The van der Waals surface area contributed by atoms with Crippen LogP contribution in [0.15, 0.2) is 54.6 Å². The zero-order chi connectivity index (χ0) is 20.7. The first-order valence-electron chi connectivity index (χ1n) is 10.3. The van der Waals surface area contributed by atoms with Gasteiger partial charge in [-0.2, -0.15) is 0 Å². The van der Waals surface area contributed by atoms with Crippen LogP contribution in [0.3, 0.4) is 0 Å². The smallest absolute Gasteiger partial charge is 0.312 e.